The predicted octanol–water partition coefficient (Wildman–Crippen LogP) is 3.89. The molecule has 4 nitrogen and oxygen atoms in total. The number of hydrogen-bond acceptors (Lipinski definition) is 4. The van der Waals surface area contributed by atoms with Crippen molar-refractivity contribution >= 4 is 29.3 Å². The van der Waals surface area contributed by atoms with Gasteiger partial charge in [-0.15, -0.1) is 11.8 Å². The Morgan fingerprint density at radius 2 is 1.79 bits per heavy atom. The molecular formula is C19H21NO3S. The minimum Gasteiger partial charge on any atom is -0.468 e. The smallest absolute Gasteiger partial charge is 0.315 e. The van der Waals surface area contributed by atoms with Gasteiger partial charge in [0.05, 0.1) is 12.9 Å². The maximum Gasteiger partial charge on any atom is 0.315 e. The summed E-state index contributed by atoms with van der Waals surface area (Å²) in [4.78, 5) is 24.2. The lowest BCUT2D eigenvalue weighted by Crippen LogP contribution is -2.20. The molecular weight excluding hydrogens is 322 g/mol. The zero-order valence-corrected chi connectivity index (χ0v) is 14.9. The Bertz CT molecular complexity index is 716. The molecule has 0 aliphatic carbocycles. The monoisotopic (exact) mass is 343 g/mol. The van der Waals surface area contributed by atoms with Crippen LogP contribution in [-0.4, -0.2) is 24.7 Å². The topological polar surface area (TPSA) is 55.4 Å². The van der Waals surface area contributed by atoms with E-state index < -0.39 is 5.25 Å². The van der Waals surface area contributed by atoms with E-state index in [1.54, 1.807) is 0 Å². The largest absolute Gasteiger partial charge is 0.468 e. The van der Waals surface area contributed by atoms with Gasteiger partial charge >= 0.3 is 5.97 Å². The molecule has 24 heavy (non-hydrogen) atoms. The summed E-state index contributed by atoms with van der Waals surface area (Å²) < 4.78 is 4.67. The van der Waals surface area contributed by atoms with Crippen molar-refractivity contribution in [2.45, 2.75) is 19.1 Å². The Morgan fingerprint density at radius 3 is 2.42 bits per heavy atom. The van der Waals surface area contributed by atoms with Crippen molar-refractivity contribution in [3.8, 4) is 0 Å². The van der Waals surface area contributed by atoms with Gasteiger partial charge in [0.2, 0.25) is 5.91 Å². The van der Waals surface area contributed by atoms with Crippen LogP contribution in [0.5, 0.6) is 0 Å². The number of hydrogen-bond donors (Lipinski definition) is 1. The van der Waals surface area contributed by atoms with E-state index in [4.69, 9.17) is 0 Å². The number of methoxy groups -OCH3 is 1. The van der Waals surface area contributed by atoms with Crippen molar-refractivity contribution in [1.82, 2.24) is 0 Å². The molecule has 0 aliphatic heterocycles. The van der Waals surface area contributed by atoms with Gasteiger partial charge in [0.25, 0.3) is 0 Å². The molecule has 0 heterocycles. The molecule has 5 heteroatoms. The minimum atomic E-state index is -0.480. The number of anilines is 1. The van der Waals surface area contributed by atoms with Gasteiger partial charge < -0.3 is 10.1 Å². The summed E-state index contributed by atoms with van der Waals surface area (Å²) in [6.45, 7) is 4.03. The summed E-state index contributed by atoms with van der Waals surface area (Å²) in [6.07, 6.45) is 0. The molecule has 1 atom stereocenters. The number of rotatable bonds is 6. The Kier molecular flexibility index (Phi) is 6.44. The highest BCUT2D eigenvalue weighted by atomic mass is 32.2. The van der Waals surface area contributed by atoms with Gasteiger partial charge in [-0.1, -0.05) is 36.4 Å². The highest BCUT2D eigenvalue weighted by Crippen LogP contribution is 2.30. The van der Waals surface area contributed by atoms with Crippen LogP contribution in [0.1, 0.15) is 21.9 Å². The summed E-state index contributed by atoms with van der Waals surface area (Å²) in [5.74, 6) is -0.380. The Labute approximate surface area is 146 Å². The van der Waals surface area contributed by atoms with Crippen molar-refractivity contribution < 1.29 is 14.3 Å². The summed E-state index contributed by atoms with van der Waals surface area (Å²) in [7, 11) is 1.34. The van der Waals surface area contributed by atoms with Gasteiger partial charge in [0.15, 0.2) is 0 Å². The van der Waals surface area contributed by atoms with Crippen LogP contribution >= 0.6 is 11.8 Å². The first-order valence-electron chi connectivity index (χ1n) is 7.62. The first kappa shape index (κ1) is 18.1. The van der Waals surface area contributed by atoms with Gasteiger partial charge in [0, 0.05) is 5.69 Å². The van der Waals surface area contributed by atoms with E-state index in [0.29, 0.717) is 0 Å². The average molecular weight is 343 g/mol. The lowest BCUT2D eigenvalue weighted by molar-refractivity contribution is -0.137. The van der Waals surface area contributed by atoms with Crippen molar-refractivity contribution in [2.24, 2.45) is 0 Å². The number of nitrogens with one attached hydrogen (secondary N) is 1. The second-order valence-corrected chi connectivity index (χ2v) is 6.56. The van der Waals surface area contributed by atoms with E-state index in [2.05, 4.69) is 10.1 Å². The number of thioether (sulfide) groups is 1. The summed E-state index contributed by atoms with van der Waals surface area (Å²) in [5, 5.41) is 2.46. The van der Waals surface area contributed by atoms with Crippen molar-refractivity contribution in [1.29, 1.82) is 0 Å². The van der Waals surface area contributed by atoms with Gasteiger partial charge in [0.1, 0.15) is 5.25 Å². The summed E-state index contributed by atoms with van der Waals surface area (Å²) in [5.41, 5.74) is 3.90. The Balaban J connectivity index is 2.17. The number of benzene rings is 2. The van der Waals surface area contributed by atoms with E-state index in [9.17, 15) is 9.59 Å². The van der Waals surface area contributed by atoms with Crippen molar-refractivity contribution in [2.75, 3.05) is 18.2 Å². The molecule has 2 aromatic carbocycles. The third kappa shape index (κ3) is 4.86. The zero-order chi connectivity index (χ0) is 17.5. The second-order valence-electron chi connectivity index (χ2n) is 5.47. The number of carbonyl (C=O) groups is 2. The Morgan fingerprint density at radius 1 is 1.08 bits per heavy atom. The van der Waals surface area contributed by atoms with Crippen LogP contribution in [0.15, 0.2) is 48.5 Å². The van der Waals surface area contributed by atoms with Crippen LogP contribution in [0.3, 0.4) is 0 Å². The fraction of sp³-hybridized carbons (Fsp3) is 0.263. The lowest BCUT2D eigenvalue weighted by atomic mass is 10.1. The van der Waals surface area contributed by atoms with Gasteiger partial charge in [-0.25, -0.2) is 0 Å². The zero-order valence-electron chi connectivity index (χ0n) is 14.0. The molecule has 0 saturated carbocycles. The van der Waals surface area contributed by atoms with Crippen molar-refractivity contribution in [3.05, 3.63) is 65.2 Å². The quantitative estimate of drug-likeness (QED) is 0.809. The SMILES string of the molecule is COC(=O)CS[C@H](C(=O)Nc1ccc(C)c(C)c1)c1ccccc1. The molecule has 0 fully saturated rings. The maximum atomic E-state index is 12.7. The number of carbonyl (C=O) groups excluding carboxylic acids is 2. The summed E-state index contributed by atoms with van der Waals surface area (Å²) >= 11 is 1.26. The third-order valence-corrected chi connectivity index (χ3v) is 4.93. The fourth-order valence-corrected chi connectivity index (χ4v) is 3.17. The highest BCUT2D eigenvalue weighted by Gasteiger charge is 2.22. The van der Waals surface area contributed by atoms with Crippen LogP contribution in [0, 0.1) is 13.8 Å². The van der Waals surface area contributed by atoms with E-state index in [1.165, 1.54) is 24.4 Å². The standard InChI is InChI=1S/C19H21NO3S/c1-13-9-10-16(11-14(13)2)20-19(22)18(24-12-17(21)23-3)15-7-5-4-6-8-15/h4-11,18H,12H2,1-3H3,(H,20,22)/t18-/m0/s1. The molecule has 2 aromatic rings. The van der Waals surface area contributed by atoms with E-state index in [-0.39, 0.29) is 17.6 Å². The minimum absolute atomic E-state index is 0.121. The predicted molar refractivity (Wildman–Crippen MR) is 98.2 cm³/mol. The number of amides is 1. The maximum absolute atomic E-state index is 12.7. The van der Waals surface area contributed by atoms with Crippen LogP contribution < -0.4 is 5.32 Å². The molecule has 1 N–H and O–H groups in total. The number of ether oxygens (including phenoxy) is 1. The van der Waals surface area contributed by atoms with Gasteiger partial charge in [-0.2, -0.15) is 0 Å². The fourth-order valence-electron chi connectivity index (χ4n) is 2.19. The van der Waals surface area contributed by atoms with E-state index in [0.717, 1.165) is 16.8 Å². The number of esters is 1. The highest BCUT2D eigenvalue weighted by molar-refractivity contribution is 8.00. The lowest BCUT2D eigenvalue weighted by Gasteiger charge is -2.17. The molecule has 0 spiro atoms. The molecule has 1 amide bonds. The van der Waals surface area contributed by atoms with Crippen molar-refractivity contribution in [3.63, 3.8) is 0 Å². The average Bonchev–Trinajstić information content (AvgIpc) is 2.59. The van der Waals surface area contributed by atoms with Crippen LogP contribution in [0.25, 0.3) is 0 Å². The first-order valence-corrected chi connectivity index (χ1v) is 8.67. The van der Waals surface area contributed by atoms with E-state index >= 15 is 0 Å². The van der Waals surface area contributed by atoms with Crippen LogP contribution in [-0.2, 0) is 14.3 Å². The second kappa shape index (κ2) is 8.55. The molecule has 0 aliphatic rings. The normalized spacial score (nSPS) is 11.6. The van der Waals surface area contributed by atoms with Gasteiger partial charge in [-0.05, 0) is 42.7 Å². The Hall–Kier alpha value is -2.27. The molecule has 0 radical (unpaired) electrons. The van der Waals surface area contributed by atoms with E-state index in [1.807, 2.05) is 62.4 Å². The van der Waals surface area contributed by atoms with Gasteiger partial charge in [-0.3, -0.25) is 9.59 Å². The molecule has 0 saturated heterocycles. The third-order valence-electron chi connectivity index (χ3n) is 3.71. The number of aryl methyl sites for hydroxylation is 2. The molecule has 0 bridgehead atoms. The summed E-state index contributed by atoms with van der Waals surface area (Å²) in [6, 6.07) is 15.2. The molecule has 126 valence electrons. The molecule has 2 rings (SSSR count). The molecule has 0 aromatic heterocycles. The molecule has 0 unspecified atom stereocenters. The first-order chi connectivity index (χ1) is 11.5. The van der Waals surface area contributed by atoms with Crippen LogP contribution in [0.2, 0.25) is 0 Å². The van der Waals surface area contributed by atoms with Crippen LogP contribution in [0.4, 0.5) is 5.69 Å².